The molecule has 0 fully saturated rings. The highest BCUT2D eigenvalue weighted by atomic mass is 19.1. The van der Waals surface area contributed by atoms with Gasteiger partial charge in [0.1, 0.15) is 5.82 Å². The van der Waals surface area contributed by atoms with Crippen LogP contribution in [-0.4, -0.2) is 17.7 Å². The molecule has 0 radical (unpaired) electrons. The molecule has 88 valence electrons. The number of carboxylic acids is 1. The summed E-state index contributed by atoms with van der Waals surface area (Å²) in [4.78, 5) is 10.7. The van der Waals surface area contributed by atoms with Crippen LogP contribution in [0.2, 0.25) is 0 Å². The Hall–Kier alpha value is -1.42. The molecule has 0 saturated carbocycles. The summed E-state index contributed by atoms with van der Waals surface area (Å²) >= 11 is 0. The zero-order chi connectivity index (χ0) is 12.1. The normalized spacial score (nSPS) is 10.8. The van der Waals surface area contributed by atoms with Gasteiger partial charge in [-0.25, -0.2) is 9.18 Å². The van der Waals surface area contributed by atoms with Crippen molar-refractivity contribution in [2.75, 3.05) is 6.61 Å². The number of benzene rings is 1. The standard InChI is InChI=1S/C12H15FO3/c1-8(2)6-16-7-9-4-3-5-10(11(9)13)12(14)15/h3-5,8H,6-7H2,1-2H3,(H,14,15). The molecule has 1 N–H and O–H groups in total. The van der Waals surface area contributed by atoms with Gasteiger partial charge in [0.15, 0.2) is 0 Å². The van der Waals surface area contributed by atoms with E-state index in [0.29, 0.717) is 12.5 Å². The van der Waals surface area contributed by atoms with E-state index in [-0.39, 0.29) is 17.7 Å². The Bertz CT molecular complexity index is 375. The maximum Gasteiger partial charge on any atom is 0.338 e. The zero-order valence-electron chi connectivity index (χ0n) is 9.37. The molecule has 0 amide bonds. The van der Waals surface area contributed by atoms with Crippen molar-refractivity contribution in [3.05, 3.63) is 35.1 Å². The van der Waals surface area contributed by atoms with Gasteiger partial charge >= 0.3 is 5.97 Å². The molecule has 0 saturated heterocycles. The first-order valence-electron chi connectivity index (χ1n) is 5.10. The van der Waals surface area contributed by atoms with Crippen molar-refractivity contribution in [3.8, 4) is 0 Å². The van der Waals surface area contributed by atoms with E-state index in [9.17, 15) is 9.18 Å². The molecular weight excluding hydrogens is 211 g/mol. The van der Waals surface area contributed by atoms with Crippen LogP contribution in [0.15, 0.2) is 18.2 Å². The minimum Gasteiger partial charge on any atom is -0.478 e. The van der Waals surface area contributed by atoms with Gasteiger partial charge in [0.2, 0.25) is 0 Å². The predicted molar refractivity (Wildman–Crippen MR) is 57.9 cm³/mol. The van der Waals surface area contributed by atoms with Crippen molar-refractivity contribution < 1.29 is 19.0 Å². The van der Waals surface area contributed by atoms with E-state index < -0.39 is 11.8 Å². The van der Waals surface area contributed by atoms with E-state index >= 15 is 0 Å². The largest absolute Gasteiger partial charge is 0.478 e. The molecule has 0 aliphatic carbocycles. The summed E-state index contributed by atoms with van der Waals surface area (Å²) in [5.41, 5.74) is -0.0359. The van der Waals surface area contributed by atoms with E-state index in [1.54, 1.807) is 0 Å². The van der Waals surface area contributed by atoms with E-state index in [4.69, 9.17) is 9.84 Å². The van der Waals surface area contributed by atoms with Gasteiger partial charge in [0, 0.05) is 12.2 Å². The van der Waals surface area contributed by atoms with E-state index in [1.165, 1.54) is 18.2 Å². The van der Waals surface area contributed by atoms with Crippen molar-refractivity contribution in [1.82, 2.24) is 0 Å². The fraction of sp³-hybridized carbons (Fsp3) is 0.417. The molecule has 4 heteroatoms. The second-order valence-corrected chi connectivity index (χ2v) is 3.99. The number of aromatic carboxylic acids is 1. The van der Waals surface area contributed by atoms with Crippen molar-refractivity contribution >= 4 is 5.97 Å². The van der Waals surface area contributed by atoms with Crippen LogP contribution in [0.3, 0.4) is 0 Å². The fourth-order valence-corrected chi connectivity index (χ4v) is 1.26. The molecule has 0 aromatic heterocycles. The van der Waals surface area contributed by atoms with Crippen LogP contribution in [0.25, 0.3) is 0 Å². The molecule has 1 aromatic rings. The molecule has 1 aromatic carbocycles. The van der Waals surface area contributed by atoms with E-state index in [2.05, 4.69) is 0 Å². The van der Waals surface area contributed by atoms with Gasteiger partial charge in [0.05, 0.1) is 12.2 Å². The predicted octanol–water partition coefficient (Wildman–Crippen LogP) is 2.70. The lowest BCUT2D eigenvalue weighted by molar-refractivity contribution is 0.0689. The van der Waals surface area contributed by atoms with Gasteiger partial charge in [-0.2, -0.15) is 0 Å². The number of carboxylic acid groups (broad SMARTS) is 1. The fourth-order valence-electron chi connectivity index (χ4n) is 1.26. The van der Waals surface area contributed by atoms with Gasteiger partial charge in [-0.15, -0.1) is 0 Å². The summed E-state index contributed by atoms with van der Waals surface area (Å²) in [7, 11) is 0. The second-order valence-electron chi connectivity index (χ2n) is 3.99. The van der Waals surface area contributed by atoms with Gasteiger partial charge < -0.3 is 9.84 Å². The summed E-state index contributed by atoms with van der Waals surface area (Å²) in [6.45, 7) is 4.61. The third-order valence-corrected chi connectivity index (χ3v) is 2.02. The molecule has 1 rings (SSSR count). The van der Waals surface area contributed by atoms with Crippen molar-refractivity contribution in [3.63, 3.8) is 0 Å². The monoisotopic (exact) mass is 226 g/mol. The number of hydrogen-bond donors (Lipinski definition) is 1. The quantitative estimate of drug-likeness (QED) is 0.839. The summed E-state index contributed by atoms with van der Waals surface area (Å²) in [6.07, 6.45) is 0. The maximum absolute atomic E-state index is 13.6. The first kappa shape index (κ1) is 12.6. The summed E-state index contributed by atoms with van der Waals surface area (Å²) in [5, 5.41) is 8.72. The first-order chi connectivity index (χ1) is 7.52. The second kappa shape index (κ2) is 5.61. The Labute approximate surface area is 93.9 Å². The van der Waals surface area contributed by atoms with Gasteiger partial charge in [-0.1, -0.05) is 26.0 Å². The lowest BCUT2D eigenvalue weighted by Crippen LogP contribution is -2.07. The molecule has 0 aliphatic rings. The minimum atomic E-state index is -1.26. The Balaban J connectivity index is 2.73. The maximum atomic E-state index is 13.6. The van der Waals surface area contributed by atoms with Crippen LogP contribution >= 0.6 is 0 Å². The highest BCUT2D eigenvalue weighted by Gasteiger charge is 2.13. The third kappa shape index (κ3) is 3.31. The van der Waals surface area contributed by atoms with Crippen molar-refractivity contribution in [2.24, 2.45) is 5.92 Å². The summed E-state index contributed by atoms with van der Waals surface area (Å²) < 4.78 is 18.9. The molecule has 0 aliphatic heterocycles. The van der Waals surface area contributed by atoms with Gasteiger partial charge in [-0.3, -0.25) is 0 Å². The lowest BCUT2D eigenvalue weighted by atomic mass is 10.1. The van der Waals surface area contributed by atoms with Crippen LogP contribution in [-0.2, 0) is 11.3 Å². The molecule has 0 unspecified atom stereocenters. The smallest absolute Gasteiger partial charge is 0.338 e. The van der Waals surface area contributed by atoms with Crippen LogP contribution in [0.5, 0.6) is 0 Å². The number of carbonyl (C=O) groups is 1. The summed E-state index contributed by atoms with van der Waals surface area (Å²) in [6, 6.07) is 4.28. The van der Waals surface area contributed by atoms with Crippen molar-refractivity contribution in [2.45, 2.75) is 20.5 Å². The molecule has 0 bridgehead atoms. The average Bonchev–Trinajstić information content (AvgIpc) is 2.19. The molecular formula is C12H15FO3. The van der Waals surface area contributed by atoms with Gasteiger partial charge in [0.25, 0.3) is 0 Å². The minimum absolute atomic E-state index is 0.102. The third-order valence-electron chi connectivity index (χ3n) is 2.02. The molecule has 3 nitrogen and oxygen atoms in total. The van der Waals surface area contributed by atoms with Crippen LogP contribution in [0, 0.1) is 11.7 Å². The zero-order valence-corrected chi connectivity index (χ0v) is 9.37. The molecule has 0 atom stereocenters. The number of hydrogen-bond acceptors (Lipinski definition) is 2. The molecule has 0 spiro atoms. The van der Waals surface area contributed by atoms with Crippen LogP contribution in [0.4, 0.5) is 4.39 Å². The van der Waals surface area contributed by atoms with E-state index in [1.807, 2.05) is 13.8 Å². The highest BCUT2D eigenvalue weighted by molar-refractivity contribution is 5.88. The van der Waals surface area contributed by atoms with Crippen LogP contribution in [0.1, 0.15) is 29.8 Å². The molecule has 0 heterocycles. The average molecular weight is 226 g/mol. The van der Waals surface area contributed by atoms with Gasteiger partial charge in [-0.05, 0) is 12.0 Å². The number of rotatable bonds is 5. The Morgan fingerprint density at radius 1 is 1.50 bits per heavy atom. The topological polar surface area (TPSA) is 46.5 Å². The Morgan fingerprint density at radius 2 is 2.19 bits per heavy atom. The number of ether oxygens (including phenoxy) is 1. The first-order valence-corrected chi connectivity index (χ1v) is 5.10. The summed E-state index contributed by atoms with van der Waals surface area (Å²) in [5.74, 6) is -1.60. The Kier molecular flexibility index (Phi) is 4.43. The highest BCUT2D eigenvalue weighted by Crippen LogP contribution is 2.14. The van der Waals surface area contributed by atoms with Crippen molar-refractivity contribution in [1.29, 1.82) is 0 Å². The molecule has 16 heavy (non-hydrogen) atoms. The SMILES string of the molecule is CC(C)COCc1cccc(C(=O)O)c1F. The van der Waals surface area contributed by atoms with Crippen LogP contribution < -0.4 is 0 Å². The van der Waals surface area contributed by atoms with E-state index in [0.717, 1.165) is 0 Å². The number of halogens is 1. The Morgan fingerprint density at radius 3 is 2.75 bits per heavy atom. The lowest BCUT2D eigenvalue weighted by Gasteiger charge is -2.08.